The number of nitrogens with zero attached hydrogens (tertiary/aromatic N) is 2. The molecule has 1 atom stereocenters. The smallest absolute Gasteiger partial charge is 0.321 e. The van der Waals surface area contributed by atoms with Crippen LogP contribution in [0.3, 0.4) is 0 Å². The number of anilines is 1. The van der Waals surface area contributed by atoms with Crippen LogP contribution in [0.1, 0.15) is 31.2 Å². The van der Waals surface area contributed by atoms with Crippen molar-refractivity contribution in [3.05, 3.63) is 66.2 Å². The zero-order valence-electron chi connectivity index (χ0n) is 17.0. The number of rotatable bonds is 6. The van der Waals surface area contributed by atoms with Crippen molar-refractivity contribution in [3.63, 3.8) is 0 Å². The summed E-state index contributed by atoms with van der Waals surface area (Å²) in [7, 11) is 0. The quantitative estimate of drug-likeness (QED) is 0.793. The zero-order chi connectivity index (χ0) is 19.9. The fourth-order valence-electron chi connectivity index (χ4n) is 4.53. The highest BCUT2D eigenvalue weighted by Crippen LogP contribution is 2.26. The highest BCUT2D eigenvalue weighted by molar-refractivity contribution is 5.89. The molecule has 0 bridgehead atoms. The lowest BCUT2D eigenvalue weighted by molar-refractivity contribution is 0.0374. The third-order valence-corrected chi connectivity index (χ3v) is 6.09. The molecule has 0 saturated carbocycles. The number of amides is 2. The Hall–Kier alpha value is -2.37. The highest BCUT2D eigenvalue weighted by atomic mass is 16.5. The summed E-state index contributed by atoms with van der Waals surface area (Å²) in [6, 6.07) is 21.1. The van der Waals surface area contributed by atoms with Gasteiger partial charge >= 0.3 is 6.03 Å². The van der Waals surface area contributed by atoms with Crippen LogP contribution < -0.4 is 5.32 Å². The number of benzene rings is 2. The predicted molar refractivity (Wildman–Crippen MR) is 116 cm³/mol. The zero-order valence-corrected chi connectivity index (χ0v) is 17.0. The van der Waals surface area contributed by atoms with Crippen LogP contribution in [0.15, 0.2) is 60.7 Å². The SMILES string of the molecule is O=C(Nc1ccccc1)N1CCC(N2CCC[C@H]2COCc2ccccc2)CC1. The number of piperidine rings is 1. The van der Waals surface area contributed by atoms with Crippen molar-refractivity contribution in [1.82, 2.24) is 9.80 Å². The number of para-hydroxylation sites is 1. The van der Waals surface area contributed by atoms with Crippen LogP contribution in [0.4, 0.5) is 10.5 Å². The Morgan fingerprint density at radius 2 is 1.62 bits per heavy atom. The van der Waals surface area contributed by atoms with Gasteiger partial charge in [-0.05, 0) is 49.9 Å². The summed E-state index contributed by atoms with van der Waals surface area (Å²) in [5.41, 5.74) is 2.09. The van der Waals surface area contributed by atoms with E-state index in [4.69, 9.17) is 4.74 Å². The van der Waals surface area contributed by atoms with E-state index in [0.29, 0.717) is 18.7 Å². The average molecular weight is 394 g/mol. The first-order valence-corrected chi connectivity index (χ1v) is 10.8. The molecule has 2 aliphatic rings. The molecule has 0 radical (unpaired) electrons. The third-order valence-electron chi connectivity index (χ3n) is 6.09. The Balaban J connectivity index is 1.22. The second kappa shape index (κ2) is 9.90. The Bertz CT molecular complexity index is 760. The number of carbonyl (C=O) groups is 1. The molecular weight excluding hydrogens is 362 g/mol. The lowest BCUT2D eigenvalue weighted by Crippen LogP contribution is -2.50. The fraction of sp³-hybridized carbons (Fsp3) is 0.458. The monoisotopic (exact) mass is 393 g/mol. The van der Waals surface area contributed by atoms with E-state index in [-0.39, 0.29) is 6.03 Å². The van der Waals surface area contributed by atoms with Crippen LogP contribution in [0.2, 0.25) is 0 Å². The summed E-state index contributed by atoms with van der Waals surface area (Å²) in [4.78, 5) is 17.1. The van der Waals surface area contributed by atoms with Crippen molar-refractivity contribution in [3.8, 4) is 0 Å². The molecule has 0 aromatic heterocycles. The van der Waals surface area contributed by atoms with Crippen molar-refractivity contribution >= 4 is 11.7 Å². The third kappa shape index (κ3) is 5.37. The van der Waals surface area contributed by atoms with E-state index in [1.54, 1.807) is 0 Å². The van der Waals surface area contributed by atoms with Gasteiger partial charge in [0.05, 0.1) is 13.2 Å². The number of hydrogen-bond donors (Lipinski definition) is 1. The Kier molecular flexibility index (Phi) is 6.80. The summed E-state index contributed by atoms with van der Waals surface area (Å²) in [5, 5.41) is 3.00. The van der Waals surface area contributed by atoms with Crippen molar-refractivity contribution in [2.75, 3.05) is 31.6 Å². The normalized spacial score (nSPS) is 20.7. The number of urea groups is 1. The molecule has 5 heteroatoms. The van der Waals surface area contributed by atoms with E-state index in [9.17, 15) is 4.79 Å². The maximum absolute atomic E-state index is 12.5. The molecule has 2 aliphatic heterocycles. The van der Waals surface area contributed by atoms with Crippen LogP contribution in [0.25, 0.3) is 0 Å². The number of hydrogen-bond acceptors (Lipinski definition) is 3. The van der Waals surface area contributed by atoms with Gasteiger partial charge in [0.1, 0.15) is 0 Å². The number of carbonyl (C=O) groups excluding carboxylic acids is 1. The fourth-order valence-corrected chi connectivity index (χ4v) is 4.53. The minimum absolute atomic E-state index is 0.0128. The van der Waals surface area contributed by atoms with E-state index in [1.165, 1.54) is 18.4 Å². The summed E-state index contributed by atoms with van der Waals surface area (Å²) in [6.45, 7) is 4.27. The second-order valence-electron chi connectivity index (χ2n) is 8.05. The summed E-state index contributed by atoms with van der Waals surface area (Å²) in [6.07, 6.45) is 4.53. The molecular formula is C24H31N3O2. The molecule has 2 aromatic carbocycles. The Morgan fingerprint density at radius 1 is 0.931 bits per heavy atom. The number of nitrogens with one attached hydrogen (secondary N) is 1. The topological polar surface area (TPSA) is 44.8 Å². The maximum atomic E-state index is 12.5. The summed E-state index contributed by atoms with van der Waals surface area (Å²) >= 11 is 0. The Labute approximate surface area is 173 Å². The van der Waals surface area contributed by atoms with E-state index in [2.05, 4.69) is 34.5 Å². The molecule has 0 spiro atoms. The van der Waals surface area contributed by atoms with E-state index >= 15 is 0 Å². The number of ether oxygens (including phenoxy) is 1. The van der Waals surface area contributed by atoms with Gasteiger partial charge in [-0.25, -0.2) is 4.79 Å². The second-order valence-corrected chi connectivity index (χ2v) is 8.05. The molecule has 0 aliphatic carbocycles. The van der Waals surface area contributed by atoms with Crippen LogP contribution in [0, 0.1) is 0 Å². The summed E-state index contributed by atoms with van der Waals surface area (Å²) < 4.78 is 6.03. The predicted octanol–water partition coefficient (Wildman–Crippen LogP) is 4.36. The Morgan fingerprint density at radius 3 is 2.34 bits per heavy atom. The van der Waals surface area contributed by atoms with E-state index < -0.39 is 0 Å². The molecule has 1 N–H and O–H groups in total. The van der Waals surface area contributed by atoms with Crippen LogP contribution in [-0.2, 0) is 11.3 Å². The molecule has 2 saturated heterocycles. The van der Waals surface area contributed by atoms with Crippen LogP contribution in [0.5, 0.6) is 0 Å². The van der Waals surface area contributed by atoms with Gasteiger partial charge in [0.15, 0.2) is 0 Å². The van der Waals surface area contributed by atoms with Crippen molar-refractivity contribution in [2.45, 2.75) is 44.4 Å². The van der Waals surface area contributed by atoms with Gasteiger partial charge in [0.2, 0.25) is 0 Å². The molecule has 2 heterocycles. The summed E-state index contributed by atoms with van der Waals surface area (Å²) in [5.74, 6) is 0. The first kappa shape index (κ1) is 19.9. The van der Waals surface area contributed by atoms with E-state index in [1.807, 2.05) is 41.3 Å². The van der Waals surface area contributed by atoms with E-state index in [0.717, 1.165) is 44.8 Å². The first-order chi connectivity index (χ1) is 14.3. The van der Waals surface area contributed by atoms with Gasteiger partial charge in [0.25, 0.3) is 0 Å². The average Bonchev–Trinajstić information content (AvgIpc) is 3.24. The lowest BCUT2D eigenvalue weighted by Gasteiger charge is -2.39. The first-order valence-electron chi connectivity index (χ1n) is 10.8. The van der Waals surface area contributed by atoms with Gasteiger partial charge in [-0.2, -0.15) is 0 Å². The molecule has 4 rings (SSSR count). The van der Waals surface area contributed by atoms with Crippen molar-refractivity contribution < 1.29 is 9.53 Å². The van der Waals surface area contributed by atoms with Gasteiger partial charge in [-0.15, -0.1) is 0 Å². The lowest BCUT2D eigenvalue weighted by atomic mass is 10.0. The maximum Gasteiger partial charge on any atom is 0.321 e. The van der Waals surface area contributed by atoms with Gasteiger partial charge in [0, 0.05) is 30.9 Å². The molecule has 154 valence electrons. The molecule has 5 nitrogen and oxygen atoms in total. The van der Waals surface area contributed by atoms with Crippen molar-refractivity contribution in [1.29, 1.82) is 0 Å². The van der Waals surface area contributed by atoms with Crippen LogP contribution in [-0.4, -0.2) is 54.2 Å². The minimum Gasteiger partial charge on any atom is -0.375 e. The molecule has 2 fully saturated rings. The van der Waals surface area contributed by atoms with Crippen LogP contribution >= 0.6 is 0 Å². The highest BCUT2D eigenvalue weighted by Gasteiger charge is 2.33. The number of likely N-dealkylation sites (tertiary alicyclic amines) is 2. The van der Waals surface area contributed by atoms with Gasteiger partial charge in [-0.1, -0.05) is 48.5 Å². The standard InChI is InChI=1S/C24H31N3O2/c28-24(25-21-10-5-2-6-11-21)26-16-13-22(14-17-26)27-15-7-12-23(27)19-29-18-20-8-3-1-4-9-20/h1-6,8-11,22-23H,7,12-19H2,(H,25,28)/t23-/m0/s1. The molecule has 2 aromatic rings. The minimum atomic E-state index is 0.0128. The van der Waals surface area contributed by atoms with Gasteiger partial charge in [-0.3, -0.25) is 4.90 Å². The molecule has 0 unspecified atom stereocenters. The molecule has 29 heavy (non-hydrogen) atoms. The molecule has 2 amide bonds. The van der Waals surface area contributed by atoms with Crippen molar-refractivity contribution in [2.24, 2.45) is 0 Å². The van der Waals surface area contributed by atoms with Gasteiger partial charge < -0.3 is 15.0 Å². The largest absolute Gasteiger partial charge is 0.375 e.